The molecule has 0 unspecified atom stereocenters. The fourth-order valence-electron chi connectivity index (χ4n) is 1.96. The minimum Gasteiger partial charge on any atom is -0.339 e. The van der Waals surface area contributed by atoms with Gasteiger partial charge in [0.2, 0.25) is 0 Å². The van der Waals surface area contributed by atoms with Crippen LogP contribution in [0.5, 0.6) is 0 Å². The fraction of sp³-hybridized carbons (Fsp3) is 0.188. The van der Waals surface area contributed by atoms with Gasteiger partial charge < -0.3 is 4.57 Å². The third-order valence-electron chi connectivity index (χ3n) is 2.97. The zero-order valence-electron chi connectivity index (χ0n) is 11.2. The highest BCUT2D eigenvalue weighted by atomic mass is 32.2. The van der Waals surface area contributed by atoms with E-state index in [9.17, 15) is 4.79 Å². The second-order valence-electron chi connectivity index (χ2n) is 4.46. The highest BCUT2D eigenvalue weighted by Gasteiger charge is 2.06. The number of fused-ring (bicyclic) bond motifs is 1. The summed E-state index contributed by atoms with van der Waals surface area (Å²) in [6, 6.07) is 9.42. The van der Waals surface area contributed by atoms with Crippen LogP contribution in [0.25, 0.3) is 10.9 Å². The predicted molar refractivity (Wildman–Crippen MR) is 83.9 cm³/mol. The molecule has 2 rings (SSSR count). The molecule has 98 valence electrons. The number of hydrogen-bond donors (Lipinski definition) is 0. The Kier molecular flexibility index (Phi) is 4.27. The number of allylic oxidation sites excluding steroid dienone is 2. The molecular weight excluding hydrogens is 254 g/mol. The lowest BCUT2D eigenvalue weighted by molar-refractivity contribution is 0.840. The first kappa shape index (κ1) is 13.7. The Morgan fingerprint density at radius 2 is 2.16 bits per heavy atom. The highest BCUT2D eigenvalue weighted by Crippen LogP contribution is 2.22. The number of pyridine rings is 1. The Bertz CT molecular complexity index is 697. The summed E-state index contributed by atoms with van der Waals surface area (Å²) >= 11 is 1.67. The molecule has 0 amide bonds. The van der Waals surface area contributed by atoms with E-state index in [2.05, 4.69) is 18.1 Å². The molecule has 19 heavy (non-hydrogen) atoms. The summed E-state index contributed by atoms with van der Waals surface area (Å²) in [5.41, 5.74) is 2.30. The maximum atomic E-state index is 12.1. The van der Waals surface area contributed by atoms with Gasteiger partial charge in [-0.25, -0.2) is 0 Å². The van der Waals surface area contributed by atoms with E-state index in [1.165, 1.54) is 5.57 Å². The number of para-hydroxylation sites is 1. The van der Waals surface area contributed by atoms with Gasteiger partial charge in [0.1, 0.15) is 0 Å². The van der Waals surface area contributed by atoms with Gasteiger partial charge in [-0.3, -0.25) is 4.79 Å². The van der Waals surface area contributed by atoms with Gasteiger partial charge in [0.25, 0.3) is 0 Å². The maximum absolute atomic E-state index is 12.1. The van der Waals surface area contributed by atoms with E-state index in [1.54, 1.807) is 23.9 Å². The van der Waals surface area contributed by atoms with E-state index in [0.29, 0.717) is 0 Å². The number of aromatic nitrogens is 1. The van der Waals surface area contributed by atoms with Crippen molar-refractivity contribution in [3.63, 3.8) is 0 Å². The monoisotopic (exact) mass is 271 g/mol. The standard InChI is InChI=1S/C16H17NOS/c1-4-7-12(2)11-19-16-10-15(18)13-8-5-6-9-14(13)17(16)3/h4-10H,1,11H2,2-3H3/b12-7+. The summed E-state index contributed by atoms with van der Waals surface area (Å²) in [6.07, 6.45) is 3.78. The third kappa shape index (κ3) is 2.99. The van der Waals surface area contributed by atoms with E-state index >= 15 is 0 Å². The molecule has 0 aliphatic heterocycles. The number of aryl methyl sites for hydroxylation is 1. The van der Waals surface area contributed by atoms with Crippen molar-refractivity contribution in [3.05, 3.63) is 64.9 Å². The summed E-state index contributed by atoms with van der Waals surface area (Å²) in [6.45, 7) is 5.75. The van der Waals surface area contributed by atoms with E-state index in [1.807, 2.05) is 37.4 Å². The topological polar surface area (TPSA) is 22.0 Å². The average Bonchev–Trinajstić information content (AvgIpc) is 2.42. The van der Waals surface area contributed by atoms with Gasteiger partial charge in [-0.15, -0.1) is 11.8 Å². The second-order valence-corrected chi connectivity index (χ2v) is 5.46. The molecule has 0 spiro atoms. The van der Waals surface area contributed by atoms with Gasteiger partial charge in [0.05, 0.1) is 10.5 Å². The van der Waals surface area contributed by atoms with Crippen molar-refractivity contribution < 1.29 is 0 Å². The van der Waals surface area contributed by atoms with Crippen LogP contribution >= 0.6 is 11.8 Å². The van der Waals surface area contributed by atoms with Crippen molar-refractivity contribution >= 4 is 22.7 Å². The molecule has 0 radical (unpaired) electrons. The quantitative estimate of drug-likeness (QED) is 0.624. The van der Waals surface area contributed by atoms with Crippen molar-refractivity contribution in [3.8, 4) is 0 Å². The van der Waals surface area contributed by atoms with Crippen LogP contribution in [0.1, 0.15) is 6.92 Å². The lowest BCUT2D eigenvalue weighted by Crippen LogP contribution is -2.08. The Morgan fingerprint density at radius 1 is 1.42 bits per heavy atom. The summed E-state index contributed by atoms with van der Waals surface area (Å²) in [5.74, 6) is 0.859. The van der Waals surface area contributed by atoms with Gasteiger partial charge >= 0.3 is 0 Å². The third-order valence-corrected chi connectivity index (χ3v) is 4.25. The van der Waals surface area contributed by atoms with Gasteiger partial charge in [-0.2, -0.15) is 0 Å². The van der Waals surface area contributed by atoms with Gasteiger partial charge in [0, 0.05) is 24.3 Å². The van der Waals surface area contributed by atoms with Crippen molar-refractivity contribution in [2.75, 3.05) is 5.75 Å². The number of nitrogens with zero attached hydrogens (tertiary/aromatic N) is 1. The second kappa shape index (κ2) is 5.93. The van der Waals surface area contributed by atoms with Crippen LogP contribution in [0.4, 0.5) is 0 Å². The molecule has 1 aromatic carbocycles. The van der Waals surface area contributed by atoms with Gasteiger partial charge in [0.15, 0.2) is 5.43 Å². The fourth-order valence-corrected chi connectivity index (χ4v) is 2.91. The van der Waals surface area contributed by atoms with Crippen LogP contribution in [0.3, 0.4) is 0 Å². The molecule has 0 saturated carbocycles. The van der Waals surface area contributed by atoms with Crippen molar-refractivity contribution in [1.29, 1.82) is 0 Å². The lowest BCUT2D eigenvalue weighted by atomic mass is 10.2. The van der Waals surface area contributed by atoms with Crippen LogP contribution < -0.4 is 5.43 Å². The summed E-state index contributed by atoms with van der Waals surface area (Å²) in [5, 5.41) is 1.76. The van der Waals surface area contributed by atoms with Crippen LogP contribution in [0.15, 0.2) is 64.5 Å². The van der Waals surface area contributed by atoms with Crippen molar-refractivity contribution in [2.24, 2.45) is 7.05 Å². The molecule has 0 fully saturated rings. The van der Waals surface area contributed by atoms with E-state index in [4.69, 9.17) is 0 Å². The van der Waals surface area contributed by atoms with E-state index < -0.39 is 0 Å². The summed E-state index contributed by atoms with van der Waals surface area (Å²) in [4.78, 5) is 12.1. The van der Waals surface area contributed by atoms with Gasteiger partial charge in [-0.1, -0.05) is 36.4 Å². The Hall–Kier alpha value is -1.74. The largest absolute Gasteiger partial charge is 0.339 e. The molecule has 0 atom stereocenters. The van der Waals surface area contributed by atoms with Crippen LogP contribution in [-0.4, -0.2) is 10.3 Å². The number of rotatable bonds is 4. The normalized spacial score (nSPS) is 11.8. The molecule has 3 heteroatoms. The van der Waals surface area contributed by atoms with E-state index in [-0.39, 0.29) is 5.43 Å². The summed E-state index contributed by atoms with van der Waals surface area (Å²) < 4.78 is 2.07. The van der Waals surface area contributed by atoms with Crippen LogP contribution in [0.2, 0.25) is 0 Å². The first-order chi connectivity index (χ1) is 9.13. The molecule has 0 aliphatic carbocycles. The lowest BCUT2D eigenvalue weighted by Gasteiger charge is -2.11. The molecule has 2 aromatic rings. The number of hydrogen-bond acceptors (Lipinski definition) is 2. The highest BCUT2D eigenvalue weighted by molar-refractivity contribution is 7.99. The Labute approximate surface area is 117 Å². The molecular formula is C16H17NOS. The minimum atomic E-state index is 0.0848. The molecule has 2 nitrogen and oxygen atoms in total. The van der Waals surface area contributed by atoms with Gasteiger partial charge in [-0.05, 0) is 19.1 Å². The smallest absolute Gasteiger partial charge is 0.190 e. The van der Waals surface area contributed by atoms with Crippen LogP contribution in [-0.2, 0) is 7.05 Å². The Balaban J connectivity index is 2.40. The molecule has 1 heterocycles. The predicted octanol–water partition coefficient (Wildman–Crippen LogP) is 3.76. The molecule has 0 N–H and O–H groups in total. The molecule has 0 saturated heterocycles. The van der Waals surface area contributed by atoms with Crippen molar-refractivity contribution in [2.45, 2.75) is 11.9 Å². The number of benzene rings is 1. The maximum Gasteiger partial charge on any atom is 0.190 e. The molecule has 0 bridgehead atoms. The SMILES string of the molecule is C=C/C=C(\C)CSc1cc(=O)c2ccccc2n1C. The molecule has 0 aliphatic rings. The van der Waals surface area contributed by atoms with Crippen molar-refractivity contribution in [1.82, 2.24) is 4.57 Å². The first-order valence-corrected chi connectivity index (χ1v) is 7.12. The molecule has 1 aromatic heterocycles. The van der Waals surface area contributed by atoms with Crippen LogP contribution in [0, 0.1) is 0 Å². The number of thioether (sulfide) groups is 1. The zero-order chi connectivity index (χ0) is 13.8. The Morgan fingerprint density at radius 3 is 2.89 bits per heavy atom. The summed E-state index contributed by atoms with van der Waals surface area (Å²) in [7, 11) is 2.00. The first-order valence-electron chi connectivity index (χ1n) is 6.13. The minimum absolute atomic E-state index is 0.0848. The van der Waals surface area contributed by atoms with E-state index in [0.717, 1.165) is 21.7 Å². The zero-order valence-corrected chi connectivity index (χ0v) is 12.0. The average molecular weight is 271 g/mol.